The Hall–Kier alpha value is -0.0400. The standard InChI is InChI=1S/C8H17N/c1-3-9-6-4-5-8(2)7-9/h8H,3-7H2,1-2H3/p+1. The molecule has 1 heteroatoms. The SMILES string of the molecule is CC[NH+]1CCCC(C)C1. The van der Waals surface area contributed by atoms with Crippen LogP contribution in [0.2, 0.25) is 0 Å². The highest BCUT2D eigenvalue weighted by Crippen LogP contribution is 2.04. The molecule has 9 heavy (non-hydrogen) atoms. The van der Waals surface area contributed by atoms with E-state index in [1.807, 2.05) is 0 Å². The molecule has 54 valence electrons. The zero-order valence-electron chi connectivity index (χ0n) is 6.61. The third-order valence-electron chi connectivity index (χ3n) is 2.36. The van der Waals surface area contributed by atoms with E-state index in [1.54, 1.807) is 4.90 Å². The van der Waals surface area contributed by atoms with Gasteiger partial charge in [0.2, 0.25) is 0 Å². The van der Waals surface area contributed by atoms with Crippen LogP contribution in [-0.2, 0) is 0 Å². The first-order chi connectivity index (χ1) is 4.33. The number of nitrogens with one attached hydrogen (secondary N) is 1. The van der Waals surface area contributed by atoms with Crippen molar-refractivity contribution >= 4 is 0 Å². The molecule has 1 heterocycles. The Bertz CT molecular complexity index is 80.6. The molecule has 0 spiro atoms. The molecular formula is C8H18N+. The summed E-state index contributed by atoms with van der Waals surface area (Å²) < 4.78 is 0. The molecular weight excluding hydrogens is 110 g/mol. The molecule has 0 aliphatic carbocycles. The van der Waals surface area contributed by atoms with Gasteiger partial charge in [0.1, 0.15) is 0 Å². The van der Waals surface area contributed by atoms with Crippen LogP contribution in [0.25, 0.3) is 0 Å². The second kappa shape index (κ2) is 3.21. The minimum atomic E-state index is 0.980. The highest BCUT2D eigenvalue weighted by Gasteiger charge is 2.16. The summed E-state index contributed by atoms with van der Waals surface area (Å²) in [5.74, 6) is 0.980. The van der Waals surface area contributed by atoms with Crippen LogP contribution >= 0.6 is 0 Å². The lowest BCUT2D eigenvalue weighted by Crippen LogP contribution is -3.13. The number of rotatable bonds is 1. The van der Waals surface area contributed by atoms with Crippen LogP contribution in [0.3, 0.4) is 0 Å². The molecule has 1 nitrogen and oxygen atoms in total. The van der Waals surface area contributed by atoms with E-state index < -0.39 is 0 Å². The molecule has 0 aromatic carbocycles. The van der Waals surface area contributed by atoms with E-state index in [0.29, 0.717) is 0 Å². The van der Waals surface area contributed by atoms with Crippen molar-refractivity contribution in [1.29, 1.82) is 0 Å². The summed E-state index contributed by atoms with van der Waals surface area (Å²) in [5.41, 5.74) is 0. The molecule has 1 aliphatic rings. The van der Waals surface area contributed by atoms with Gasteiger partial charge in [-0.2, -0.15) is 0 Å². The molecule has 2 atom stereocenters. The van der Waals surface area contributed by atoms with Gasteiger partial charge in [0.25, 0.3) is 0 Å². The molecule has 1 aliphatic heterocycles. The highest BCUT2D eigenvalue weighted by atomic mass is 15.1. The molecule has 0 aromatic rings. The summed E-state index contributed by atoms with van der Waals surface area (Å²) in [5, 5.41) is 0. The van der Waals surface area contributed by atoms with Crippen molar-refractivity contribution in [2.75, 3.05) is 19.6 Å². The van der Waals surface area contributed by atoms with E-state index >= 15 is 0 Å². The fourth-order valence-corrected chi connectivity index (χ4v) is 1.72. The Morgan fingerprint density at radius 1 is 1.56 bits per heavy atom. The summed E-state index contributed by atoms with van der Waals surface area (Å²) in [6.45, 7) is 8.81. The third-order valence-corrected chi connectivity index (χ3v) is 2.36. The van der Waals surface area contributed by atoms with Gasteiger partial charge in [-0.1, -0.05) is 6.92 Å². The van der Waals surface area contributed by atoms with E-state index in [0.717, 1.165) is 5.92 Å². The third kappa shape index (κ3) is 1.98. The first kappa shape index (κ1) is 7.07. The number of hydrogen-bond donors (Lipinski definition) is 1. The molecule has 0 aromatic heterocycles. The first-order valence-electron chi connectivity index (χ1n) is 4.16. The number of piperidine rings is 1. The molecule has 1 fully saturated rings. The Labute approximate surface area is 58.0 Å². The van der Waals surface area contributed by atoms with Gasteiger partial charge in [-0.05, 0) is 19.8 Å². The van der Waals surface area contributed by atoms with Crippen molar-refractivity contribution in [2.45, 2.75) is 26.7 Å². The molecule has 1 saturated heterocycles. The number of likely N-dealkylation sites (tertiary alicyclic amines) is 1. The maximum Gasteiger partial charge on any atom is 0.0796 e. The highest BCUT2D eigenvalue weighted by molar-refractivity contribution is 4.54. The van der Waals surface area contributed by atoms with E-state index in [-0.39, 0.29) is 0 Å². The predicted molar refractivity (Wildman–Crippen MR) is 39.6 cm³/mol. The minimum absolute atomic E-state index is 0.980. The molecule has 0 radical (unpaired) electrons. The van der Waals surface area contributed by atoms with E-state index in [4.69, 9.17) is 0 Å². The molecule has 2 unspecified atom stereocenters. The zero-order chi connectivity index (χ0) is 6.69. The smallest absolute Gasteiger partial charge is 0.0796 e. The molecule has 1 N–H and O–H groups in total. The normalized spacial score (nSPS) is 36.7. The summed E-state index contributed by atoms with van der Waals surface area (Å²) in [7, 11) is 0. The number of hydrogen-bond acceptors (Lipinski definition) is 0. The molecule has 0 bridgehead atoms. The van der Waals surface area contributed by atoms with Gasteiger partial charge in [0.15, 0.2) is 0 Å². The van der Waals surface area contributed by atoms with Crippen molar-refractivity contribution in [3.05, 3.63) is 0 Å². The van der Waals surface area contributed by atoms with Gasteiger partial charge < -0.3 is 4.90 Å². The summed E-state index contributed by atoms with van der Waals surface area (Å²) in [6, 6.07) is 0. The van der Waals surface area contributed by atoms with Gasteiger partial charge >= 0.3 is 0 Å². The van der Waals surface area contributed by atoms with Crippen LogP contribution in [0.5, 0.6) is 0 Å². The van der Waals surface area contributed by atoms with Gasteiger partial charge in [-0.3, -0.25) is 0 Å². The maximum absolute atomic E-state index is 2.37. The second-order valence-corrected chi connectivity index (χ2v) is 3.31. The zero-order valence-corrected chi connectivity index (χ0v) is 6.61. The van der Waals surface area contributed by atoms with Crippen LogP contribution < -0.4 is 4.90 Å². The first-order valence-corrected chi connectivity index (χ1v) is 4.16. The second-order valence-electron chi connectivity index (χ2n) is 3.31. The molecule has 0 amide bonds. The molecule has 0 saturated carbocycles. The van der Waals surface area contributed by atoms with Gasteiger partial charge in [0.05, 0.1) is 19.6 Å². The molecule has 1 rings (SSSR count). The summed E-state index contributed by atoms with van der Waals surface area (Å²) in [6.07, 6.45) is 2.91. The fraction of sp³-hybridized carbons (Fsp3) is 1.00. The van der Waals surface area contributed by atoms with Crippen LogP contribution in [0.15, 0.2) is 0 Å². The maximum atomic E-state index is 2.37. The Balaban J connectivity index is 2.23. The van der Waals surface area contributed by atoms with E-state index in [1.165, 1.54) is 32.5 Å². The van der Waals surface area contributed by atoms with Crippen molar-refractivity contribution in [3.63, 3.8) is 0 Å². The average Bonchev–Trinajstić information content (AvgIpc) is 1.88. The lowest BCUT2D eigenvalue weighted by molar-refractivity contribution is -0.906. The Kier molecular flexibility index (Phi) is 2.52. The van der Waals surface area contributed by atoms with Gasteiger partial charge in [-0.15, -0.1) is 0 Å². The Morgan fingerprint density at radius 3 is 2.78 bits per heavy atom. The number of quaternary nitrogens is 1. The van der Waals surface area contributed by atoms with E-state index in [2.05, 4.69) is 13.8 Å². The van der Waals surface area contributed by atoms with Crippen LogP contribution in [0, 0.1) is 5.92 Å². The predicted octanol–water partition coefficient (Wildman–Crippen LogP) is 0.321. The lowest BCUT2D eigenvalue weighted by Gasteiger charge is -2.26. The van der Waals surface area contributed by atoms with Crippen LogP contribution in [0.1, 0.15) is 26.7 Å². The fourth-order valence-electron chi connectivity index (χ4n) is 1.72. The van der Waals surface area contributed by atoms with Gasteiger partial charge in [-0.25, -0.2) is 0 Å². The van der Waals surface area contributed by atoms with E-state index in [9.17, 15) is 0 Å². The largest absolute Gasteiger partial charge is 0.335 e. The quantitative estimate of drug-likeness (QED) is 0.519. The minimum Gasteiger partial charge on any atom is -0.335 e. The Morgan fingerprint density at radius 2 is 2.33 bits per heavy atom. The topological polar surface area (TPSA) is 4.44 Å². The van der Waals surface area contributed by atoms with Crippen molar-refractivity contribution in [1.82, 2.24) is 0 Å². The van der Waals surface area contributed by atoms with Crippen molar-refractivity contribution in [2.24, 2.45) is 5.92 Å². The van der Waals surface area contributed by atoms with Crippen LogP contribution in [-0.4, -0.2) is 19.6 Å². The van der Waals surface area contributed by atoms with Crippen molar-refractivity contribution in [3.8, 4) is 0 Å². The summed E-state index contributed by atoms with van der Waals surface area (Å²) >= 11 is 0. The van der Waals surface area contributed by atoms with Crippen LogP contribution in [0.4, 0.5) is 0 Å². The van der Waals surface area contributed by atoms with Crippen molar-refractivity contribution < 1.29 is 4.90 Å². The lowest BCUT2D eigenvalue weighted by atomic mass is 10.0. The monoisotopic (exact) mass is 128 g/mol. The summed E-state index contributed by atoms with van der Waals surface area (Å²) in [4.78, 5) is 1.80. The average molecular weight is 128 g/mol. The van der Waals surface area contributed by atoms with Gasteiger partial charge in [0, 0.05) is 5.92 Å².